The second-order valence-electron chi connectivity index (χ2n) is 31.4. The first-order valence-corrected chi connectivity index (χ1v) is 47.6. The highest BCUT2D eigenvalue weighted by molar-refractivity contribution is 7.47. The van der Waals surface area contributed by atoms with Crippen LogP contribution in [0.15, 0.2) is 0 Å². The molecule has 17 nitrogen and oxygen atoms in total. The van der Waals surface area contributed by atoms with Gasteiger partial charge in [-0.15, -0.1) is 0 Å². The van der Waals surface area contributed by atoms with Gasteiger partial charge in [0.25, 0.3) is 0 Å². The summed E-state index contributed by atoms with van der Waals surface area (Å²) in [7, 11) is -9.93. The molecule has 0 aromatic carbocycles. The number of ether oxygens (including phenoxy) is 4. The third-order valence-corrected chi connectivity index (χ3v) is 22.2. The van der Waals surface area contributed by atoms with Crippen LogP contribution < -0.4 is 0 Å². The molecule has 105 heavy (non-hydrogen) atoms. The van der Waals surface area contributed by atoms with Crippen LogP contribution in [-0.2, 0) is 65.4 Å². The summed E-state index contributed by atoms with van der Waals surface area (Å²) in [5, 5.41) is 10.7. The highest BCUT2D eigenvalue weighted by Crippen LogP contribution is 2.45. The minimum Gasteiger partial charge on any atom is -0.462 e. The van der Waals surface area contributed by atoms with Crippen LogP contribution in [0.1, 0.15) is 465 Å². The monoisotopic (exact) mass is 1540 g/mol. The van der Waals surface area contributed by atoms with Crippen molar-refractivity contribution in [2.24, 2.45) is 5.92 Å². The minimum absolute atomic E-state index is 0.109. The van der Waals surface area contributed by atoms with Crippen LogP contribution >= 0.6 is 15.6 Å². The molecular weight excluding hydrogens is 1370 g/mol. The van der Waals surface area contributed by atoms with Gasteiger partial charge in [0.2, 0.25) is 0 Å². The zero-order valence-corrected chi connectivity index (χ0v) is 70.7. The summed E-state index contributed by atoms with van der Waals surface area (Å²) in [6, 6.07) is 0. The third kappa shape index (κ3) is 79.9. The smallest absolute Gasteiger partial charge is 0.462 e. The van der Waals surface area contributed by atoms with Gasteiger partial charge in [0, 0.05) is 25.7 Å². The zero-order chi connectivity index (χ0) is 76.9. The molecule has 19 heteroatoms. The Kier molecular flexibility index (Phi) is 77.3. The van der Waals surface area contributed by atoms with Gasteiger partial charge >= 0.3 is 39.5 Å². The molecule has 0 rings (SSSR count). The lowest BCUT2D eigenvalue weighted by Crippen LogP contribution is -2.30. The molecule has 0 aromatic heterocycles. The van der Waals surface area contributed by atoms with E-state index in [0.29, 0.717) is 25.7 Å². The van der Waals surface area contributed by atoms with Crippen molar-refractivity contribution >= 4 is 39.5 Å². The Balaban J connectivity index is 5.23. The summed E-state index contributed by atoms with van der Waals surface area (Å²) in [5.74, 6) is -1.29. The van der Waals surface area contributed by atoms with E-state index in [9.17, 15) is 43.2 Å². The number of rotatable bonds is 86. The van der Waals surface area contributed by atoms with E-state index < -0.39 is 97.5 Å². The van der Waals surface area contributed by atoms with Gasteiger partial charge in [0.05, 0.1) is 26.4 Å². The number of unbranched alkanes of at least 4 members (excludes halogenated alkanes) is 58. The molecule has 0 aliphatic rings. The molecule has 0 spiro atoms. The van der Waals surface area contributed by atoms with E-state index in [1.807, 2.05) is 0 Å². The van der Waals surface area contributed by atoms with Crippen molar-refractivity contribution in [2.45, 2.75) is 483 Å². The standard InChI is InChI=1S/C86H168O17P2/c1-6-9-12-15-18-21-24-26-28-29-30-31-32-38-42-47-52-57-62-67-72-86(91)103-82(76-97-84(89)70-65-60-55-50-45-40-37-34-33-36-39-44-48-53-58-63-68-79(4)5)78-101-105(94,95)99-74-80(87)73-98-104(92,93)100-77-81(75-96-83(88)69-64-59-54-49-43-23-20-17-14-11-8-3)102-85(90)71-66-61-56-51-46-41-35-27-25-22-19-16-13-10-7-2/h79-82,87H,6-78H2,1-5H3,(H,92,93)(H,94,95)/t80-,81+,82+/m0/s1. The zero-order valence-electron chi connectivity index (χ0n) is 68.9. The van der Waals surface area contributed by atoms with Crippen molar-refractivity contribution < 1.29 is 80.2 Å². The van der Waals surface area contributed by atoms with Gasteiger partial charge < -0.3 is 33.8 Å². The fourth-order valence-corrected chi connectivity index (χ4v) is 15.1. The molecule has 0 radical (unpaired) electrons. The number of aliphatic hydroxyl groups excluding tert-OH is 1. The van der Waals surface area contributed by atoms with Crippen LogP contribution in [0.25, 0.3) is 0 Å². The van der Waals surface area contributed by atoms with E-state index in [1.165, 1.54) is 289 Å². The molecule has 5 atom stereocenters. The SMILES string of the molecule is CCCCCCCCCCCCCCCCCCCCCCC(=O)O[C@H](COC(=O)CCCCCCCCCCCCCCCCCCC(C)C)COP(=O)(O)OC[C@@H](O)COP(=O)(O)OC[C@@H](COC(=O)CCCCCCCCCCCCC)OC(=O)CCCCCCCCCCCCCCCCC. The normalized spacial score (nSPS) is 13.8. The summed E-state index contributed by atoms with van der Waals surface area (Å²) >= 11 is 0. The second kappa shape index (κ2) is 78.7. The molecule has 3 N–H and O–H groups in total. The Morgan fingerprint density at radius 1 is 0.257 bits per heavy atom. The first-order chi connectivity index (χ1) is 51.0. The summed E-state index contributed by atoms with van der Waals surface area (Å²) in [4.78, 5) is 73.2. The number of phosphoric acid groups is 2. The van der Waals surface area contributed by atoms with Gasteiger partial charge in [-0.05, 0) is 31.6 Å². The van der Waals surface area contributed by atoms with Crippen molar-refractivity contribution in [2.75, 3.05) is 39.6 Å². The van der Waals surface area contributed by atoms with E-state index in [-0.39, 0.29) is 25.7 Å². The number of carbonyl (C=O) groups excluding carboxylic acids is 4. The first-order valence-electron chi connectivity index (χ1n) is 44.6. The fourth-order valence-electron chi connectivity index (χ4n) is 13.5. The number of carbonyl (C=O) groups is 4. The summed E-state index contributed by atoms with van der Waals surface area (Å²) in [5.41, 5.74) is 0. The third-order valence-electron chi connectivity index (χ3n) is 20.3. The van der Waals surface area contributed by atoms with Gasteiger partial charge in [-0.25, -0.2) is 9.13 Å². The van der Waals surface area contributed by atoms with Crippen LogP contribution in [0, 0.1) is 5.92 Å². The lowest BCUT2D eigenvalue weighted by molar-refractivity contribution is -0.161. The van der Waals surface area contributed by atoms with E-state index in [4.69, 9.17) is 37.0 Å². The number of hydrogen-bond donors (Lipinski definition) is 3. The molecule has 0 aliphatic heterocycles. The van der Waals surface area contributed by atoms with E-state index in [0.717, 1.165) is 95.8 Å². The highest BCUT2D eigenvalue weighted by Gasteiger charge is 2.30. The van der Waals surface area contributed by atoms with Gasteiger partial charge in [-0.1, -0.05) is 413 Å². The minimum atomic E-state index is -4.97. The molecule has 0 fully saturated rings. The molecule has 0 amide bonds. The predicted octanol–water partition coefficient (Wildman–Crippen LogP) is 26.4. The Hall–Kier alpha value is -1.94. The highest BCUT2D eigenvalue weighted by atomic mass is 31.2. The second-order valence-corrected chi connectivity index (χ2v) is 34.3. The summed E-state index contributed by atoms with van der Waals surface area (Å²) < 4.78 is 68.9. The maximum Gasteiger partial charge on any atom is 0.472 e. The Labute approximate surface area is 645 Å². The molecular formula is C86H168O17P2. The molecule has 0 saturated heterocycles. The van der Waals surface area contributed by atoms with E-state index >= 15 is 0 Å². The molecule has 0 aliphatic carbocycles. The maximum absolute atomic E-state index is 13.1. The summed E-state index contributed by atoms with van der Waals surface area (Å²) in [6.07, 6.45) is 72.1. The predicted molar refractivity (Wildman–Crippen MR) is 432 cm³/mol. The first kappa shape index (κ1) is 103. The van der Waals surface area contributed by atoms with E-state index in [1.54, 1.807) is 0 Å². The number of hydrogen-bond acceptors (Lipinski definition) is 15. The Morgan fingerprint density at radius 2 is 0.438 bits per heavy atom. The lowest BCUT2D eigenvalue weighted by Gasteiger charge is -2.21. The van der Waals surface area contributed by atoms with Crippen molar-refractivity contribution in [3.8, 4) is 0 Å². The van der Waals surface area contributed by atoms with E-state index in [2.05, 4.69) is 34.6 Å². The average Bonchev–Trinajstić information content (AvgIpc) is 0.915. The topological polar surface area (TPSA) is 237 Å². The van der Waals surface area contributed by atoms with Crippen molar-refractivity contribution in [1.29, 1.82) is 0 Å². The number of aliphatic hydroxyl groups is 1. The molecule has 0 heterocycles. The Bertz CT molecular complexity index is 2000. The van der Waals surface area contributed by atoms with Crippen LogP contribution in [0.2, 0.25) is 0 Å². The van der Waals surface area contributed by atoms with Crippen LogP contribution in [0.3, 0.4) is 0 Å². The van der Waals surface area contributed by atoms with Gasteiger partial charge in [0.15, 0.2) is 12.2 Å². The molecule has 2 unspecified atom stereocenters. The largest absolute Gasteiger partial charge is 0.472 e. The number of esters is 4. The molecule has 624 valence electrons. The van der Waals surface area contributed by atoms with Crippen LogP contribution in [0.5, 0.6) is 0 Å². The number of phosphoric ester groups is 2. The quantitative estimate of drug-likeness (QED) is 0.0222. The maximum atomic E-state index is 13.1. The van der Waals surface area contributed by atoms with Gasteiger partial charge in [0.1, 0.15) is 19.3 Å². The molecule has 0 aromatic rings. The van der Waals surface area contributed by atoms with Gasteiger partial charge in [-0.3, -0.25) is 37.3 Å². The lowest BCUT2D eigenvalue weighted by atomic mass is 10.0. The van der Waals surface area contributed by atoms with Gasteiger partial charge in [-0.2, -0.15) is 0 Å². The van der Waals surface area contributed by atoms with Crippen molar-refractivity contribution in [3.63, 3.8) is 0 Å². The average molecular weight is 1540 g/mol. The van der Waals surface area contributed by atoms with Crippen LogP contribution in [0.4, 0.5) is 0 Å². The van der Waals surface area contributed by atoms with Crippen LogP contribution in [-0.4, -0.2) is 96.7 Å². The summed E-state index contributed by atoms with van der Waals surface area (Å²) in [6.45, 7) is 7.40. The fraction of sp³-hybridized carbons (Fsp3) is 0.953. The van der Waals surface area contributed by atoms with Crippen molar-refractivity contribution in [1.82, 2.24) is 0 Å². The Morgan fingerprint density at radius 3 is 0.648 bits per heavy atom. The van der Waals surface area contributed by atoms with Crippen molar-refractivity contribution in [3.05, 3.63) is 0 Å². The molecule has 0 bridgehead atoms. The molecule has 0 saturated carbocycles.